The largest absolute Gasteiger partial charge is 0.395 e. The number of rotatable bonds is 6. The number of nitrogens with zero attached hydrogens (tertiary/aromatic N) is 5. The fourth-order valence-corrected chi connectivity index (χ4v) is 5.56. The predicted octanol–water partition coefficient (Wildman–Crippen LogP) is 2.35. The number of hydrogen-bond donors (Lipinski definition) is 1. The molecule has 11 heteroatoms. The third-order valence-corrected chi connectivity index (χ3v) is 7.62. The summed E-state index contributed by atoms with van der Waals surface area (Å²) in [6, 6.07) is 11.3. The molecule has 3 aromatic rings. The Kier molecular flexibility index (Phi) is 7.15. The molecule has 2 fully saturated rings. The van der Waals surface area contributed by atoms with Gasteiger partial charge in [0.15, 0.2) is 0 Å². The van der Waals surface area contributed by atoms with E-state index >= 15 is 0 Å². The van der Waals surface area contributed by atoms with E-state index in [1.165, 1.54) is 21.4 Å². The number of benzene rings is 1. The molecule has 0 aliphatic carbocycles. The van der Waals surface area contributed by atoms with E-state index in [4.69, 9.17) is 17.2 Å². The highest BCUT2D eigenvalue weighted by Crippen LogP contribution is 2.34. The minimum absolute atomic E-state index is 0.0978. The lowest BCUT2D eigenvalue weighted by atomic mass is 10.2. The standard InChI is InChI=1S/C25H24FN5O3S2/c26-18-6-4-17(5-7-18)16-31-24(34)20(36-25(31)35)15-19-22(29-11-9-28(10-12-29)13-14-32)27-21-3-1-2-8-30(21)23(19)33/h1-8,15,32H,9-14,16H2. The van der Waals surface area contributed by atoms with Crippen LogP contribution in [0.1, 0.15) is 11.1 Å². The second kappa shape index (κ2) is 10.5. The average Bonchev–Trinajstić information content (AvgIpc) is 3.15. The van der Waals surface area contributed by atoms with Gasteiger partial charge in [-0.15, -0.1) is 0 Å². The highest BCUT2D eigenvalue weighted by Gasteiger charge is 2.33. The molecule has 0 spiro atoms. The maximum Gasteiger partial charge on any atom is 0.267 e. The van der Waals surface area contributed by atoms with Gasteiger partial charge in [0.05, 0.1) is 23.6 Å². The molecule has 1 amide bonds. The zero-order valence-corrected chi connectivity index (χ0v) is 21.0. The van der Waals surface area contributed by atoms with Crippen LogP contribution in [0.4, 0.5) is 10.2 Å². The van der Waals surface area contributed by atoms with Gasteiger partial charge < -0.3 is 10.0 Å². The van der Waals surface area contributed by atoms with Crippen LogP contribution in [0.5, 0.6) is 0 Å². The lowest BCUT2D eigenvalue weighted by Gasteiger charge is -2.35. The Morgan fingerprint density at radius 2 is 1.83 bits per heavy atom. The van der Waals surface area contributed by atoms with Gasteiger partial charge in [-0.25, -0.2) is 9.37 Å². The minimum atomic E-state index is -0.349. The Morgan fingerprint density at radius 3 is 2.56 bits per heavy atom. The summed E-state index contributed by atoms with van der Waals surface area (Å²) in [5.41, 5.74) is 1.34. The van der Waals surface area contributed by atoms with Crippen LogP contribution < -0.4 is 10.5 Å². The lowest BCUT2D eigenvalue weighted by molar-refractivity contribution is -0.122. The molecular formula is C25H24FN5O3S2. The summed E-state index contributed by atoms with van der Waals surface area (Å²) in [4.78, 5) is 37.6. The Balaban J connectivity index is 1.50. The van der Waals surface area contributed by atoms with Crippen molar-refractivity contribution in [3.8, 4) is 0 Å². The number of amides is 1. The Labute approximate surface area is 216 Å². The highest BCUT2D eigenvalue weighted by molar-refractivity contribution is 8.26. The molecule has 0 bridgehead atoms. The van der Waals surface area contributed by atoms with Crippen molar-refractivity contribution in [3.63, 3.8) is 0 Å². The van der Waals surface area contributed by atoms with Crippen LogP contribution in [0.15, 0.2) is 58.4 Å². The van der Waals surface area contributed by atoms with Crippen LogP contribution in [0.25, 0.3) is 11.7 Å². The SMILES string of the molecule is O=C1C(=Cc2c(N3CCN(CCO)CC3)nc3ccccn3c2=O)SC(=S)N1Cc1ccc(F)cc1. The van der Waals surface area contributed by atoms with E-state index in [2.05, 4.69) is 4.90 Å². The number of piperazine rings is 1. The number of hydrogen-bond acceptors (Lipinski definition) is 8. The third kappa shape index (κ3) is 4.92. The van der Waals surface area contributed by atoms with Gasteiger partial charge in [0.2, 0.25) is 0 Å². The van der Waals surface area contributed by atoms with E-state index in [1.54, 1.807) is 36.5 Å². The summed E-state index contributed by atoms with van der Waals surface area (Å²) < 4.78 is 15.1. The number of carbonyl (C=O) groups excluding carboxylic acids is 1. The third-order valence-electron chi connectivity index (χ3n) is 6.24. The summed E-state index contributed by atoms with van der Waals surface area (Å²) in [5.74, 6) is -0.123. The van der Waals surface area contributed by atoms with E-state index in [1.807, 2.05) is 11.0 Å². The molecule has 0 atom stereocenters. The van der Waals surface area contributed by atoms with Gasteiger partial charge >= 0.3 is 0 Å². The summed E-state index contributed by atoms with van der Waals surface area (Å²) in [5, 5.41) is 9.25. The van der Waals surface area contributed by atoms with Crippen molar-refractivity contribution in [1.29, 1.82) is 0 Å². The quantitative estimate of drug-likeness (QED) is 0.388. The van der Waals surface area contributed by atoms with Crippen LogP contribution >= 0.6 is 24.0 Å². The van der Waals surface area contributed by atoms with E-state index in [-0.39, 0.29) is 30.4 Å². The lowest BCUT2D eigenvalue weighted by Crippen LogP contribution is -2.48. The number of fused-ring (bicyclic) bond motifs is 1. The molecule has 1 aromatic carbocycles. The van der Waals surface area contributed by atoms with Crippen molar-refractivity contribution in [2.24, 2.45) is 0 Å². The smallest absolute Gasteiger partial charge is 0.267 e. The van der Waals surface area contributed by atoms with Gasteiger partial charge in [0.25, 0.3) is 11.5 Å². The first-order valence-electron chi connectivity index (χ1n) is 11.5. The van der Waals surface area contributed by atoms with Gasteiger partial charge in [-0.2, -0.15) is 0 Å². The van der Waals surface area contributed by atoms with Crippen molar-refractivity contribution in [1.82, 2.24) is 19.2 Å². The number of anilines is 1. The molecule has 0 radical (unpaired) electrons. The first-order valence-corrected chi connectivity index (χ1v) is 12.8. The van der Waals surface area contributed by atoms with Crippen LogP contribution in [-0.4, -0.2) is 73.8 Å². The number of halogens is 1. The maximum atomic E-state index is 13.5. The molecule has 2 aliphatic heterocycles. The highest BCUT2D eigenvalue weighted by atomic mass is 32.2. The molecule has 0 saturated carbocycles. The van der Waals surface area contributed by atoms with E-state index < -0.39 is 0 Å². The number of carbonyl (C=O) groups is 1. The Hall–Kier alpha value is -3.12. The van der Waals surface area contributed by atoms with E-state index in [0.717, 1.165) is 30.4 Å². The zero-order valence-electron chi connectivity index (χ0n) is 19.3. The van der Waals surface area contributed by atoms with Crippen LogP contribution in [-0.2, 0) is 11.3 Å². The summed E-state index contributed by atoms with van der Waals surface area (Å²) in [6.07, 6.45) is 3.25. The number of β-amino-alcohol motifs (C(OH)–C–C–N with tert-alkyl or cyclic N) is 1. The topological polar surface area (TPSA) is 81.4 Å². The van der Waals surface area contributed by atoms with Crippen molar-refractivity contribution < 1.29 is 14.3 Å². The normalized spacial score (nSPS) is 18.1. The Bertz CT molecular complexity index is 1400. The molecule has 5 rings (SSSR count). The molecule has 2 aromatic heterocycles. The summed E-state index contributed by atoms with van der Waals surface area (Å²) in [7, 11) is 0. The second-order valence-corrected chi connectivity index (χ2v) is 10.2. The molecule has 8 nitrogen and oxygen atoms in total. The number of thioether (sulfide) groups is 1. The predicted molar refractivity (Wildman–Crippen MR) is 142 cm³/mol. The average molecular weight is 526 g/mol. The van der Waals surface area contributed by atoms with Gasteiger partial charge in [-0.05, 0) is 35.9 Å². The maximum absolute atomic E-state index is 13.5. The molecule has 0 unspecified atom stereocenters. The minimum Gasteiger partial charge on any atom is -0.395 e. The molecule has 4 heterocycles. The first kappa shape index (κ1) is 24.6. The van der Waals surface area contributed by atoms with Crippen LogP contribution in [0.3, 0.4) is 0 Å². The molecule has 1 N–H and O–H groups in total. The molecule has 186 valence electrons. The van der Waals surface area contributed by atoms with Gasteiger partial charge in [-0.3, -0.25) is 23.8 Å². The van der Waals surface area contributed by atoms with Crippen molar-refractivity contribution >= 4 is 51.7 Å². The molecule has 2 saturated heterocycles. The second-order valence-electron chi connectivity index (χ2n) is 8.53. The number of aromatic nitrogens is 2. The van der Waals surface area contributed by atoms with E-state index in [0.29, 0.717) is 45.9 Å². The molecule has 2 aliphatic rings. The monoisotopic (exact) mass is 525 g/mol. The number of aliphatic hydroxyl groups is 1. The van der Waals surface area contributed by atoms with Crippen LogP contribution in [0.2, 0.25) is 0 Å². The number of aliphatic hydroxyl groups excluding tert-OH is 1. The number of thiocarbonyl (C=S) groups is 1. The fourth-order valence-electron chi connectivity index (χ4n) is 4.32. The van der Waals surface area contributed by atoms with Gasteiger partial charge in [-0.1, -0.05) is 42.2 Å². The van der Waals surface area contributed by atoms with Crippen molar-refractivity contribution in [3.05, 3.63) is 80.9 Å². The van der Waals surface area contributed by atoms with Crippen LogP contribution in [0, 0.1) is 5.82 Å². The van der Waals surface area contributed by atoms with Gasteiger partial charge in [0.1, 0.15) is 21.6 Å². The summed E-state index contributed by atoms with van der Waals surface area (Å²) in [6.45, 7) is 3.66. The summed E-state index contributed by atoms with van der Waals surface area (Å²) >= 11 is 6.60. The first-order chi connectivity index (χ1) is 17.4. The molecular weight excluding hydrogens is 501 g/mol. The van der Waals surface area contributed by atoms with Gasteiger partial charge in [0, 0.05) is 38.9 Å². The molecule has 36 heavy (non-hydrogen) atoms. The van der Waals surface area contributed by atoms with Crippen molar-refractivity contribution in [2.75, 3.05) is 44.2 Å². The number of pyridine rings is 1. The van der Waals surface area contributed by atoms with Crippen molar-refractivity contribution in [2.45, 2.75) is 6.54 Å². The van der Waals surface area contributed by atoms with E-state index in [9.17, 15) is 19.1 Å². The zero-order chi connectivity index (χ0) is 25.2. The fraction of sp³-hybridized carbons (Fsp3) is 0.280. The Morgan fingerprint density at radius 1 is 1.08 bits per heavy atom.